The Kier molecular flexibility index (Phi) is 4.60. The lowest BCUT2D eigenvalue weighted by atomic mass is 10.1. The van der Waals surface area contributed by atoms with Crippen molar-refractivity contribution in [1.29, 1.82) is 0 Å². The second-order valence-corrected chi connectivity index (χ2v) is 8.55. The molecule has 0 bridgehead atoms. The molecule has 0 radical (unpaired) electrons. The Morgan fingerprint density at radius 2 is 1.71 bits per heavy atom. The number of nitrogens with zero attached hydrogens (tertiary/aromatic N) is 2. The van der Waals surface area contributed by atoms with Gasteiger partial charge in [-0.05, 0) is 48.4 Å². The molecule has 0 atom stereocenters. The summed E-state index contributed by atoms with van der Waals surface area (Å²) in [4.78, 5) is 18.7. The lowest BCUT2D eigenvalue weighted by Crippen LogP contribution is -2.33. The molecule has 2 aromatic carbocycles. The average Bonchev–Trinajstić information content (AvgIpc) is 2.94. The van der Waals surface area contributed by atoms with Crippen molar-refractivity contribution in [2.75, 3.05) is 18.9 Å². The Morgan fingerprint density at radius 3 is 2.50 bits per heavy atom. The number of hydrogen-bond acceptors (Lipinski definition) is 4. The Labute approximate surface area is 163 Å². The topological polar surface area (TPSA) is 79.4 Å². The van der Waals surface area contributed by atoms with E-state index in [0.717, 1.165) is 12.0 Å². The SMILES string of the molecule is CN(CCc1ccncc1)C(=O)Nc1ccc2c(c1)-c1ccccc1S2(=O)=O. The zero-order valence-corrected chi connectivity index (χ0v) is 16.1. The molecule has 1 aromatic heterocycles. The van der Waals surface area contributed by atoms with Crippen LogP contribution in [0.25, 0.3) is 11.1 Å². The van der Waals surface area contributed by atoms with Gasteiger partial charge in [0.1, 0.15) is 0 Å². The van der Waals surface area contributed by atoms with E-state index < -0.39 is 9.84 Å². The van der Waals surface area contributed by atoms with Crippen LogP contribution in [0.4, 0.5) is 10.5 Å². The summed E-state index contributed by atoms with van der Waals surface area (Å²) in [5.74, 6) is 0. The number of sulfone groups is 1. The van der Waals surface area contributed by atoms with Gasteiger partial charge in [-0.2, -0.15) is 0 Å². The van der Waals surface area contributed by atoms with Gasteiger partial charge < -0.3 is 10.2 Å². The highest BCUT2D eigenvalue weighted by Crippen LogP contribution is 2.43. The molecule has 1 N–H and O–H groups in total. The fourth-order valence-electron chi connectivity index (χ4n) is 3.26. The Morgan fingerprint density at radius 1 is 1.00 bits per heavy atom. The lowest BCUT2D eigenvalue weighted by molar-refractivity contribution is 0.223. The van der Waals surface area contributed by atoms with Crippen molar-refractivity contribution in [2.45, 2.75) is 16.2 Å². The maximum absolute atomic E-state index is 12.6. The summed E-state index contributed by atoms with van der Waals surface area (Å²) in [5, 5.41) is 2.85. The molecule has 0 saturated carbocycles. The first-order valence-corrected chi connectivity index (χ1v) is 10.3. The van der Waals surface area contributed by atoms with Crippen molar-refractivity contribution in [3.8, 4) is 11.1 Å². The van der Waals surface area contributed by atoms with Gasteiger partial charge in [-0.3, -0.25) is 4.98 Å². The number of pyridine rings is 1. The molecule has 6 nitrogen and oxygen atoms in total. The smallest absolute Gasteiger partial charge is 0.321 e. The van der Waals surface area contributed by atoms with Crippen molar-refractivity contribution >= 4 is 21.6 Å². The number of nitrogens with one attached hydrogen (secondary N) is 1. The zero-order chi connectivity index (χ0) is 19.7. The molecule has 0 fully saturated rings. The quantitative estimate of drug-likeness (QED) is 0.575. The van der Waals surface area contributed by atoms with Gasteiger partial charge in [0, 0.05) is 42.8 Å². The standard InChI is InChI=1S/C21H19N3O3S/c1-24(13-10-15-8-11-22-12-9-15)21(25)23-16-6-7-20-18(14-16)17-4-2-3-5-19(17)28(20,26)27/h2-9,11-12,14H,10,13H2,1H3,(H,23,25). The minimum absolute atomic E-state index is 0.247. The van der Waals surface area contributed by atoms with Crippen molar-refractivity contribution in [3.05, 3.63) is 72.6 Å². The summed E-state index contributed by atoms with van der Waals surface area (Å²) < 4.78 is 25.3. The normalized spacial score (nSPS) is 13.5. The third kappa shape index (κ3) is 3.25. The first-order chi connectivity index (χ1) is 13.5. The maximum Gasteiger partial charge on any atom is 0.321 e. The predicted octanol–water partition coefficient (Wildman–Crippen LogP) is 3.60. The van der Waals surface area contributed by atoms with Crippen LogP contribution in [-0.4, -0.2) is 37.9 Å². The van der Waals surface area contributed by atoms with Crippen LogP contribution in [0.1, 0.15) is 5.56 Å². The van der Waals surface area contributed by atoms with Crippen LogP contribution in [0.15, 0.2) is 76.8 Å². The zero-order valence-electron chi connectivity index (χ0n) is 15.3. The first-order valence-electron chi connectivity index (χ1n) is 8.86. The van der Waals surface area contributed by atoms with Gasteiger partial charge in [0.15, 0.2) is 0 Å². The Hall–Kier alpha value is -3.19. The number of urea groups is 1. The number of rotatable bonds is 4. The fourth-order valence-corrected chi connectivity index (χ4v) is 4.93. The molecular weight excluding hydrogens is 374 g/mol. The van der Waals surface area contributed by atoms with Gasteiger partial charge in [0.25, 0.3) is 0 Å². The van der Waals surface area contributed by atoms with Crippen LogP contribution < -0.4 is 5.32 Å². The van der Waals surface area contributed by atoms with E-state index in [1.165, 1.54) is 0 Å². The van der Waals surface area contributed by atoms with Crippen LogP contribution in [0.5, 0.6) is 0 Å². The van der Waals surface area contributed by atoms with Gasteiger partial charge in [-0.25, -0.2) is 13.2 Å². The van der Waals surface area contributed by atoms with Gasteiger partial charge in [-0.15, -0.1) is 0 Å². The van der Waals surface area contributed by atoms with Crippen molar-refractivity contribution in [2.24, 2.45) is 0 Å². The number of aromatic nitrogens is 1. The third-order valence-corrected chi connectivity index (χ3v) is 6.69. The average molecular weight is 393 g/mol. The van der Waals surface area contributed by atoms with Crippen molar-refractivity contribution < 1.29 is 13.2 Å². The second-order valence-electron chi connectivity index (χ2n) is 6.67. The van der Waals surface area contributed by atoms with Gasteiger partial charge >= 0.3 is 6.03 Å². The highest BCUT2D eigenvalue weighted by molar-refractivity contribution is 7.92. The number of likely N-dealkylation sites (N-methyl/N-ethyl adjacent to an activating group) is 1. The molecule has 1 aliphatic rings. The van der Waals surface area contributed by atoms with E-state index in [-0.39, 0.29) is 10.9 Å². The van der Waals surface area contributed by atoms with E-state index in [4.69, 9.17) is 0 Å². The predicted molar refractivity (Wildman–Crippen MR) is 107 cm³/mol. The highest BCUT2D eigenvalue weighted by Gasteiger charge is 2.32. The Balaban J connectivity index is 1.50. The first kappa shape index (κ1) is 18.2. The molecule has 0 saturated heterocycles. The van der Waals surface area contributed by atoms with E-state index in [1.807, 2.05) is 18.2 Å². The molecule has 3 aromatic rings. The monoisotopic (exact) mass is 393 g/mol. The van der Waals surface area contributed by atoms with Gasteiger partial charge in [0.05, 0.1) is 9.79 Å². The molecule has 2 amide bonds. The van der Waals surface area contributed by atoms with Crippen molar-refractivity contribution in [1.82, 2.24) is 9.88 Å². The number of benzene rings is 2. The summed E-state index contributed by atoms with van der Waals surface area (Å²) in [5.41, 5.74) is 2.95. The van der Waals surface area contributed by atoms with Crippen molar-refractivity contribution in [3.63, 3.8) is 0 Å². The number of fused-ring (bicyclic) bond motifs is 3. The number of hydrogen-bond donors (Lipinski definition) is 1. The second kappa shape index (κ2) is 7.09. The molecule has 7 heteroatoms. The Bertz CT molecular complexity index is 1140. The lowest BCUT2D eigenvalue weighted by Gasteiger charge is -2.18. The minimum atomic E-state index is -3.49. The largest absolute Gasteiger partial charge is 0.327 e. The van der Waals surface area contributed by atoms with E-state index in [9.17, 15) is 13.2 Å². The van der Waals surface area contributed by atoms with Crippen LogP contribution in [0.3, 0.4) is 0 Å². The van der Waals surface area contributed by atoms with E-state index >= 15 is 0 Å². The highest BCUT2D eigenvalue weighted by atomic mass is 32.2. The molecule has 0 spiro atoms. The van der Waals surface area contributed by atoms with E-state index in [2.05, 4.69) is 10.3 Å². The molecular formula is C21H19N3O3S. The van der Waals surface area contributed by atoms with Gasteiger partial charge in [-0.1, -0.05) is 18.2 Å². The number of amides is 2. The summed E-state index contributed by atoms with van der Waals surface area (Å²) in [7, 11) is -1.77. The fraction of sp³-hybridized carbons (Fsp3) is 0.143. The molecule has 1 aliphatic heterocycles. The van der Waals surface area contributed by atoms with Crippen LogP contribution in [-0.2, 0) is 16.3 Å². The molecule has 28 heavy (non-hydrogen) atoms. The molecule has 2 heterocycles. The number of carbonyl (C=O) groups excluding carboxylic acids is 1. The minimum Gasteiger partial charge on any atom is -0.327 e. The van der Waals surface area contributed by atoms with Gasteiger partial charge in [0.2, 0.25) is 9.84 Å². The summed E-state index contributed by atoms with van der Waals surface area (Å²) >= 11 is 0. The summed E-state index contributed by atoms with van der Waals surface area (Å²) in [6.07, 6.45) is 4.18. The molecule has 142 valence electrons. The molecule has 0 unspecified atom stereocenters. The summed E-state index contributed by atoms with van der Waals surface area (Å²) in [6, 6.07) is 15.4. The number of anilines is 1. The summed E-state index contributed by atoms with van der Waals surface area (Å²) in [6.45, 7) is 0.554. The number of carbonyl (C=O) groups is 1. The van der Waals surface area contributed by atoms with Crippen LogP contribution in [0, 0.1) is 0 Å². The van der Waals surface area contributed by atoms with Crippen LogP contribution >= 0.6 is 0 Å². The molecule has 0 aliphatic carbocycles. The van der Waals surface area contributed by atoms with E-state index in [1.54, 1.807) is 60.7 Å². The van der Waals surface area contributed by atoms with E-state index in [0.29, 0.717) is 28.3 Å². The van der Waals surface area contributed by atoms with Crippen LogP contribution in [0.2, 0.25) is 0 Å². The molecule has 4 rings (SSSR count). The third-order valence-electron chi connectivity index (χ3n) is 4.82. The maximum atomic E-state index is 12.6.